The number of carboxylic acid groups (broad SMARTS) is 1. The van der Waals surface area contributed by atoms with Gasteiger partial charge in [0.25, 0.3) is 0 Å². The largest absolute Gasteiger partial charge is 0.478 e. The summed E-state index contributed by atoms with van der Waals surface area (Å²) in [6.45, 7) is 2.01. The van der Waals surface area contributed by atoms with Crippen molar-refractivity contribution in [2.75, 3.05) is 18.0 Å². The summed E-state index contributed by atoms with van der Waals surface area (Å²) in [7, 11) is 0. The molecule has 3 nitrogen and oxygen atoms in total. The maximum Gasteiger partial charge on any atom is 0.335 e. The number of halogens is 1. The van der Waals surface area contributed by atoms with Crippen LogP contribution in [0.25, 0.3) is 0 Å². The van der Waals surface area contributed by atoms with Crippen LogP contribution in [0.1, 0.15) is 29.6 Å². The van der Waals surface area contributed by atoms with Crippen LogP contribution in [0.5, 0.6) is 0 Å². The molecule has 1 aromatic rings. The number of carbonyl (C=O) groups is 1. The molecule has 0 bridgehead atoms. The Balaban J connectivity index is 2.24. The van der Waals surface area contributed by atoms with Gasteiger partial charge in [-0.3, -0.25) is 0 Å². The first-order valence-electron chi connectivity index (χ1n) is 5.46. The highest BCUT2D eigenvalue weighted by Gasteiger charge is 2.15. The number of rotatable bonds is 2. The Morgan fingerprint density at radius 1 is 1.25 bits per heavy atom. The average Bonchev–Trinajstić information content (AvgIpc) is 2.30. The highest BCUT2D eigenvalue weighted by Crippen LogP contribution is 2.29. The molecule has 0 spiro atoms. The van der Waals surface area contributed by atoms with E-state index in [4.69, 9.17) is 16.7 Å². The van der Waals surface area contributed by atoms with Gasteiger partial charge in [-0.05, 0) is 37.5 Å². The van der Waals surface area contributed by atoms with Crippen molar-refractivity contribution in [2.24, 2.45) is 0 Å². The topological polar surface area (TPSA) is 40.5 Å². The van der Waals surface area contributed by atoms with Gasteiger partial charge in [0.05, 0.1) is 16.3 Å². The molecule has 0 radical (unpaired) electrons. The van der Waals surface area contributed by atoms with Crippen LogP contribution < -0.4 is 4.90 Å². The maximum absolute atomic E-state index is 10.8. The summed E-state index contributed by atoms with van der Waals surface area (Å²) in [5.41, 5.74) is 1.19. The summed E-state index contributed by atoms with van der Waals surface area (Å²) in [4.78, 5) is 13.0. The smallest absolute Gasteiger partial charge is 0.335 e. The van der Waals surface area contributed by atoms with Crippen LogP contribution in [-0.2, 0) is 0 Å². The Kier molecular flexibility index (Phi) is 3.34. The predicted molar refractivity (Wildman–Crippen MR) is 64.5 cm³/mol. The van der Waals surface area contributed by atoms with Crippen LogP contribution in [0, 0.1) is 0 Å². The molecule has 0 atom stereocenters. The van der Waals surface area contributed by atoms with E-state index in [2.05, 4.69) is 4.90 Å². The Hall–Kier alpha value is -1.22. The fourth-order valence-electron chi connectivity index (χ4n) is 2.03. The van der Waals surface area contributed by atoms with E-state index < -0.39 is 5.97 Å². The minimum absolute atomic E-state index is 0.241. The number of hydrogen-bond acceptors (Lipinski definition) is 2. The molecule has 1 aliphatic rings. The molecule has 0 aliphatic carbocycles. The van der Waals surface area contributed by atoms with Crippen molar-refractivity contribution in [2.45, 2.75) is 19.3 Å². The Morgan fingerprint density at radius 3 is 2.50 bits per heavy atom. The van der Waals surface area contributed by atoms with Gasteiger partial charge in [-0.25, -0.2) is 4.79 Å². The van der Waals surface area contributed by atoms with Crippen LogP contribution in [0.15, 0.2) is 18.2 Å². The molecule has 1 N–H and O–H groups in total. The molecule has 4 heteroatoms. The van der Waals surface area contributed by atoms with Gasteiger partial charge in [-0.1, -0.05) is 11.6 Å². The number of piperidine rings is 1. The molecule has 0 unspecified atom stereocenters. The number of benzene rings is 1. The SMILES string of the molecule is O=C(O)c1ccc(N2CCCCC2)c(Cl)c1. The molecule has 1 aromatic carbocycles. The number of aromatic carboxylic acids is 1. The second kappa shape index (κ2) is 4.74. The van der Waals surface area contributed by atoms with Crippen molar-refractivity contribution in [3.05, 3.63) is 28.8 Å². The monoisotopic (exact) mass is 239 g/mol. The summed E-state index contributed by atoms with van der Waals surface area (Å²) in [5.74, 6) is -0.938. The average molecular weight is 240 g/mol. The second-order valence-electron chi connectivity index (χ2n) is 4.02. The molecule has 0 saturated carbocycles. The third-order valence-corrected chi connectivity index (χ3v) is 3.19. The minimum atomic E-state index is -0.938. The molecule has 2 rings (SSSR count). The van der Waals surface area contributed by atoms with Crippen molar-refractivity contribution in [1.29, 1.82) is 0 Å². The molecule has 1 heterocycles. The lowest BCUT2D eigenvalue weighted by atomic mass is 10.1. The predicted octanol–water partition coefficient (Wildman–Crippen LogP) is 3.03. The van der Waals surface area contributed by atoms with Crippen LogP contribution in [0.3, 0.4) is 0 Å². The van der Waals surface area contributed by atoms with Gasteiger partial charge in [0.2, 0.25) is 0 Å². The molecule has 1 fully saturated rings. The van der Waals surface area contributed by atoms with Gasteiger partial charge in [-0.2, -0.15) is 0 Å². The van der Waals surface area contributed by atoms with Gasteiger partial charge in [-0.15, -0.1) is 0 Å². The fourth-order valence-corrected chi connectivity index (χ4v) is 2.33. The minimum Gasteiger partial charge on any atom is -0.478 e. The Morgan fingerprint density at radius 2 is 1.94 bits per heavy atom. The van der Waals surface area contributed by atoms with Crippen molar-refractivity contribution in [3.8, 4) is 0 Å². The van der Waals surface area contributed by atoms with E-state index in [-0.39, 0.29) is 5.56 Å². The molecule has 0 amide bonds. The van der Waals surface area contributed by atoms with Gasteiger partial charge in [0, 0.05) is 13.1 Å². The number of anilines is 1. The second-order valence-corrected chi connectivity index (χ2v) is 4.43. The summed E-state index contributed by atoms with van der Waals surface area (Å²) in [6.07, 6.45) is 3.62. The van der Waals surface area contributed by atoms with E-state index in [1.807, 2.05) is 0 Å². The molecular formula is C12H14ClNO2. The van der Waals surface area contributed by atoms with Gasteiger partial charge >= 0.3 is 5.97 Å². The van der Waals surface area contributed by atoms with Crippen LogP contribution in [0.2, 0.25) is 5.02 Å². The highest BCUT2D eigenvalue weighted by atomic mass is 35.5. The van der Waals surface area contributed by atoms with E-state index in [1.54, 1.807) is 12.1 Å². The standard InChI is InChI=1S/C12H14ClNO2/c13-10-8-9(12(15)16)4-5-11(10)14-6-2-1-3-7-14/h4-5,8H,1-3,6-7H2,(H,15,16). The lowest BCUT2D eigenvalue weighted by Crippen LogP contribution is -2.29. The van der Waals surface area contributed by atoms with E-state index in [0.717, 1.165) is 18.8 Å². The number of hydrogen-bond donors (Lipinski definition) is 1. The van der Waals surface area contributed by atoms with Crippen LogP contribution in [0.4, 0.5) is 5.69 Å². The molecule has 1 aliphatic heterocycles. The first-order chi connectivity index (χ1) is 7.68. The van der Waals surface area contributed by atoms with Gasteiger partial charge in [0.1, 0.15) is 0 Å². The molecule has 0 aromatic heterocycles. The van der Waals surface area contributed by atoms with Crippen molar-refractivity contribution < 1.29 is 9.90 Å². The zero-order valence-corrected chi connectivity index (χ0v) is 9.70. The van der Waals surface area contributed by atoms with Gasteiger partial charge in [0.15, 0.2) is 0 Å². The summed E-state index contributed by atoms with van der Waals surface area (Å²) >= 11 is 6.10. The number of nitrogens with zero attached hydrogens (tertiary/aromatic N) is 1. The van der Waals surface area contributed by atoms with Crippen molar-refractivity contribution in [3.63, 3.8) is 0 Å². The lowest BCUT2D eigenvalue weighted by Gasteiger charge is -2.29. The van der Waals surface area contributed by atoms with E-state index in [1.165, 1.54) is 25.3 Å². The van der Waals surface area contributed by atoms with E-state index in [0.29, 0.717) is 5.02 Å². The zero-order chi connectivity index (χ0) is 11.5. The van der Waals surface area contributed by atoms with Crippen molar-refractivity contribution >= 4 is 23.3 Å². The van der Waals surface area contributed by atoms with Gasteiger partial charge < -0.3 is 10.0 Å². The third-order valence-electron chi connectivity index (χ3n) is 2.89. The quantitative estimate of drug-likeness (QED) is 0.863. The maximum atomic E-state index is 10.8. The molecule has 86 valence electrons. The third kappa shape index (κ3) is 2.30. The fraction of sp³-hybridized carbons (Fsp3) is 0.417. The lowest BCUT2D eigenvalue weighted by molar-refractivity contribution is 0.0697. The Labute approximate surface area is 99.6 Å². The first kappa shape index (κ1) is 11.3. The first-order valence-corrected chi connectivity index (χ1v) is 5.84. The van der Waals surface area contributed by atoms with Crippen LogP contribution >= 0.6 is 11.6 Å². The zero-order valence-electron chi connectivity index (χ0n) is 8.95. The van der Waals surface area contributed by atoms with Crippen molar-refractivity contribution in [1.82, 2.24) is 0 Å². The highest BCUT2D eigenvalue weighted by molar-refractivity contribution is 6.33. The molecule has 16 heavy (non-hydrogen) atoms. The van der Waals surface area contributed by atoms with Crippen LogP contribution in [-0.4, -0.2) is 24.2 Å². The van der Waals surface area contributed by atoms with E-state index in [9.17, 15) is 4.79 Å². The normalized spacial score (nSPS) is 16.2. The summed E-state index contributed by atoms with van der Waals surface area (Å²) in [5, 5.41) is 9.37. The summed E-state index contributed by atoms with van der Waals surface area (Å²) < 4.78 is 0. The number of carboxylic acids is 1. The molecular weight excluding hydrogens is 226 g/mol. The summed E-state index contributed by atoms with van der Waals surface area (Å²) in [6, 6.07) is 4.93. The Bertz CT molecular complexity index is 400. The molecule has 1 saturated heterocycles. The van der Waals surface area contributed by atoms with E-state index >= 15 is 0 Å².